The van der Waals surface area contributed by atoms with Crippen LogP contribution in [0, 0.1) is 22.6 Å². The molecule has 1 rings (SSSR count). The van der Waals surface area contributed by atoms with Gasteiger partial charge in [-0.15, -0.1) is 0 Å². The summed E-state index contributed by atoms with van der Waals surface area (Å²) in [6, 6.07) is 6.91. The summed E-state index contributed by atoms with van der Waals surface area (Å²) in [6.45, 7) is 3.89. The number of nitrogens with zero attached hydrogens (tertiary/aromatic N) is 1. The standard InChI is InChI=1S/C13H15ClFN/c1-3-13(4-2,9-16)8-10-11(14)6-5-7-12(10)15/h5-7H,3-4,8H2,1-2H3. The number of nitriles is 1. The minimum Gasteiger partial charge on any atom is -0.207 e. The molecule has 0 saturated heterocycles. The van der Waals surface area contributed by atoms with Gasteiger partial charge < -0.3 is 0 Å². The minimum atomic E-state index is -0.508. The highest BCUT2D eigenvalue weighted by Crippen LogP contribution is 2.33. The maximum atomic E-state index is 13.6. The zero-order chi connectivity index (χ0) is 12.2. The summed E-state index contributed by atoms with van der Waals surface area (Å²) < 4.78 is 13.6. The number of hydrogen-bond acceptors (Lipinski definition) is 1. The monoisotopic (exact) mass is 239 g/mol. The van der Waals surface area contributed by atoms with E-state index in [1.807, 2.05) is 13.8 Å². The lowest BCUT2D eigenvalue weighted by Gasteiger charge is -2.24. The van der Waals surface area contributed by atoms with E-state index in [-0.39, 0.29) is 5.82 Å². The van der Waals surface area contributed by atoms with Gasteiger partial charge in [-0.1, -0.05) is 31.5 Å². The van der Waals surface area contributed by atoms with Crippen LogP contribution in [0.3, 0.4) is 0 Å². The Bertz CT molecular complexity index is 385. The third kappa shape index (κ3) is 2.54. The number of halogens is 2. The Morgan fingerprint density at radius 1 is 1.38 bits per heavy atom. The van der Waals surface area contributed by atoms with E-state index in [1.165, 1.54) is 6.07 Å². The van der Waals surface area contributed by atoms with Gasteiger partial charge in [-0.25, -0.2) is 4.39 Å². The van der Waals surface area contributed by atoms with Crippen LogP contribution in [0.15, 0.2) is 18.2 Å². The molecule has 0 aliphatic heterocycles. The van der Waals surface area contributed by atoms with E-state index in [2.05, 4.69) is 6.07 Å². The zero-order valence-electron chi connectivity index (χ0n) is 9.56. The Morgan fingerprint density at radius 2 is 2.00 bits per heavy atom. The van der Waals surface area contributed by atoms with Gasteiger partial charge in [0.1, 0.15) is 5.82 Å². The van der Waals surface area contributed by atoms with Crippen molar-refractivity contribution in [3.63, 3.8) is 0 Å². The highest BCUT2D eigenvalue weighted by Gasteiger charge is 2.28. The van der Waals surface area contributed by atoms with Crippen molar-refractivity contribution in [2.24, 2.45) is 5.41 Å². The van der Waals surface area contributed by atoms with E-state index in [9.17, 15) is 9.65 Å². The number of rotatable bonds is 4. The first-order valence-electron chi connectivity index (χ1n) is 5.42. The molecule has 0 aliphatic rings. The Hall–Kier alpha value is -1.07. The second-order valence-electron chi connectivity index (χ2n) is 3.98. The topological polar surface area (TPSA) is 23.8 Å². The quantitative estimate of drug-likeness (QED) is 0.766. The van der Waals surface area contributed by atoms with Crippen molar-refractivity contribution in [3.05, 3.63) is 34.6 Å². The molecule has 0 unspecified atom stereocenters. The van der Waals surface area contributed by atoms with Crippen molar-refractivity contribution >= 4 is 11.6 Å². The molecule has 0 radical (unpaired) electrons. The Balaban J connectivity index is 3.08. The SMILES string of the molecule is CCC(C#N)(CC)Cc1c(F)cccc1Cl. The average molecular weight is 240 g/mol. The van der Waals surface area contributed by atoms with Crippen molar-refractivity contribution in [2.45, 2.75) is 33.1 Å². The summed E-state index contributed by atoms with van der Waals surface area (Å²) in [6.07, 6.45) is 1.78. The molecule has 0 atom stereocenters. The first kappa shape index (κ1) is 13.0. The van der Waals surface area contributed by atoms with Crippen LogP contribution in [0.25, 0.3) is 0 Å². The number of benzene rings is 1. The van der Waals surface area contributed by atoms with Crippen LogP contribution in [0.4, 0.5) is 4.39 Å². The van der Waals surface area contributed by atoms with E-state index in [0.717, 1.165) is 0 Å². The third-order valence-electron chi connectivity index (χ3n) is 3.17. The van der Waals surface area contributed by atoms with E-state index < -0.39 is 5.41 Å². The van der Waals surface area contributed by atoms with E-state index in [4.69, 9.17) is 11.6 Å². The molecule has 0 fully saturated rings. The van der Waals surface area contributed by atoms with Crippen LogP contribution in [0.1, 0.15) is 32.3 Å². The van der Waals surface area contributed by atoms with Crippen LogP contribution < -0.4 is 0 Å². The second kappa shape index (κ2) is 5.32. The highest BCUT2D eigenvalue weighted by molar-refractivity contribution is 6.31. The highest BCUT2D eigenvalue weighted by atomic mass is 35.5. The fourth-order valence-corrected chi connectivity index (χ4v) is 1.97. The largest absolute Gasteiger partial charge is 0.207 e. The molecular weight excluding hydrogens is 225 g/mol. The van der Waals surface area contributed by atoms with Gasteiger partial charge in [-0.3, -0.25) is 0 Å². The van der Waals surface area contributed by atoms with Gasteiger partial charge in [0.25, 0.3) is 0 Å². The molecular formula is C13H15ClFN. The predicted octanol–water partition coefficient (Wildman–Crippen LogP) is 4.35. The fraction of sp³-hybridized carbons (Fsp3) is 0.462. The van der Waals surface area contributed by atoms with Crippen LogP contribution in [0.5, 0.6) is 0 Å². The van der Waals surface area contributed by atoms with Crippen molar-refractivity contribution in [2.75, 3.05) is 0 Å². The van der Waals surface area contributed by atoms with Crippen LogP contribution >= 0.6 is 11.6 Å². The first-order chi connectivity index (χ1) is 7.58. The summed E-state index contributed by atoms with van der Waals surface area (Å²) in [5.41, 5.74) is -0.0549. The molecule has 0 aliphatic carbocycles. The van der Waals surface area contributed by atoms with E-state index >= 15 is 0 Å². The molecule has 1 aromatic rings. The molecule has 86 valence electrons. The molecule has 1 aromatic carbocycles. The van der Waals surface area contributed by atoms with Gasteiger partial charge in [0.2, 0.25) is 0 Å². The molecule has 0 N–H and O–H groups in total. The van der Waals surface area contributed by atoms with Crippen LogP contribution in [-0.2, 0) is 6.42 Å². The Kier molecular flexibility index (Phi) is 4.32. The van der Waals surface area contributed by atoms with Crippen molar-refractivity contribution in [3.8, 4) is 6.07 Å². The van der Waals surface area contributed by atoms with Gasteiger partial charge in [-0.2, -0.15) is 5.26 Å². The maximum Gasteiger partial charge on any atom is 0.127 e. The van der Waals surface area contributed by atoms with Crippen molar-refractivity contribution in [1.29, 1.82) is 5.26 Å². The summed E-state index contributed by atoms with van der Waals surface area (Å²) in [5.74, 6) is -0.325. The van der Waals surface area contributed by atoms with Gasteiger partial charge in [0.05, 0.1) is 11.5 Å². The van der Waals surface area contributed by atoms with Gasteiger partial charge in [0, 0.05) is 10.6 Å². The van der Waals surface area contributed by atoms with Gasteiger partial charge in [-0.05, 0) is 31.4 Å². The molecule has 1 nitrogen and oxygen atoms in total. The average Bonchev–Trinajstić information content (AvgIpc) is 2.30. The molecule has 0 heterocycles. The Labute approximate surface area is 101 Å². The smallest absolute Gasteiger partial charge is 0.127 e. The maximum absolute atomic E-state index is 13.6. The predicted molar refractivity (Wildman–Crippen MR) is 63.7 cm³/mol. The lowest BCUT2D eigenvalue weighted by atomic mass is 9.78. The third-order valence-corrected chi connectivity index (χ3v) is 3.52. The zero-order valence-corrected chi connectivity index (χ0v) is 10.3. The first-order valence-corrected chi connectivity index (χ1v) is 5.80. The van der Waals surface area contributed by atoms with Gasteiger partial charge >= 0.3 is 0 Å². The molecule has 0 aromatic heterocycles. The minimum absolute atomic E-state index is 0.325. The van der Waals surface area contributed by atoms with E-state index in [1.54, 1.807) is 12.1 Å². The Morgan fingerprint density at radius 3 is 2.44 bits per heavy atom. The summed E-state index contributed by atoms with van der Waals surface area (Å²) in [4.78, 5) is 0. The lowest BCUT2D eigenvalue weighted by Crippen LogP contribution is -2.20. The molecule has 0 bridgehead atoms. The fourth-order valence-electron chi connectivity index (χ4n) is 1.74. The normalized spacial score (nSPS) is 11.2. The van der Waals surface area contributed by atoms with Crippen LogP contribution in [-0.4, -0.2) is 0 Å². The molecule has 16 heavy (non-hydrogen) atoms. The van der Waals surface area contributed by atoms with Crippen LogP contribution in [0.2, 0.25) is 5.02 Å². The summed E-state index contributed by atoms with van der Waals surface area (Å²) >= 11 is 5.96. The molecule has 3 heteroatoms. The molecule has 0 amide bonds. The number of hydrogen-bond donors (Lipinski definition) is 0. The van der Waals surface area contributed by atoms with Crippen molar-refractivity contribution in [1.82, 2.24) is 0 Å². The van der Waals surface area contributed by atoms with Crippen molar-refractivity contribution < 1.29 is 4.39 Å². The van der Waals surface area contributed by atoms with Gasteiger partial charge in [0.15, 0.2) is 0 Å². The summed E-state index contributed by atoms with van der Waals surface area (Å²) in [5, 5.41) is 9.61. The second-order valence-corrected chi connectivity index (χ2v) is 4.38. The lowest BCUT2D eigenvalue weighted by molar-refractivity contribution is 0.357. The summed E-state index contributed by atoms with van der Waals surface area (Å²) in [7, 11) is 0. The van der Waals surface area contributed by atoms with E-state index in [0.29, 0.717) is 29.8 Å². The molecule has 0 saturated carbocycles. The molecule has 0 spiro atoms.